The van der Waals surface area contributed by atoms with E-state index in [-0.39, 0.29) is 0 Å². The third-order valence-corrected chi connectivity index (χ3v) is 2.87. The van der Waals surface area contributed by atoms with Gasteiger partial charge in [0.25, 0.3) is 0 Å². The Bertz CT molecular complexity index is 417. The van der Waals surface area contributed by atoms with Crippen LogP contribution in [0, 0.1) is 6.92 Å². The first-order valence-electron chi connectivity index (χ1n) is 4.83. The van der Waals surface area contributed by atoms with Crippen LogP contribution in [0.3, 0.4) is 0 Å². The second kappa shape index (κ2) is 2.61. The van der Waals surface area contributed by atoms with Gasteiger partial charge in [-0.05, 0) is 30.2 Å². The van der Waals surface area contributed by atoms with E-state index in [0.29, 0.717) is 12.7 Å². The number of hydrogen-bond acceptors (Lipinski definition) is 2. The third-order valence-electron chi connectivity index (χ3n) is 2.87. The van der Waals surface area contributed by atoms with Gasteiger partial charge >= 0.3 is 0 Å². The summed E-state index contributed by atoms with van der Waals surface area (Å²) in [6.45, 7) is 7.51. The van der Waals surface area contributed by atoms with E-state index < -0.39 is 0 Å². The minimum atomic E-state index is 0.328. The summed E-state index contributed by atoms with van der Waals surface area (Å²) in [7, 11) is 0. The van der Waals surface area contributed by atoms with Gasteiger partial charge in [0.2, 0.25) is 0 Å². The molecule has 0 spiro atoms. The van der Waals surface area contributed by atoms with Crippen LogP contribution in [0.4, 0.5) is 0 Å². The topological polar surface area (TPSA) is 21.8 Å². The molecule has 2 aliphatic rings. The van der Waals surface area contributed by atoms with Crippen LogP contribution in [0.5, 0.6) is 0 Å². The minimum absolute atomic E-state index is 0.328. The Kier molecular flexibility index (Phi) is 1.50. The van der Waals surface area contributed by atoms with Gasteiger partial charge in [0.15, 0.2) is 0 Å². The highest BCUT2D eigenvalue weighted by molar-refractivity contribution is 5.66. The number of aryl methyl sites for hydroxylation is 1. The van der Waals surface area contributed by atoms with Crippen molar-refractivity contribution in [3.05, 3.63) is 41.0 Å². The van der Waals surface area contributed by atoms with Crippen molar-refractivity contribution in [2.24, 2.45) is 0 Å². The lowest BCUT2D eigenvalue weighted by molar-refractivity contribution is 0.286. The zero-order chi connectivity index (χ0) is 9.71. The monoisotopic (exact) mass is 188 g/mol. The first-order valence-corrected chi connectivity index (χ1v) is 4.83. The lowest BCUT2D eigenvalue weighted by Gasteiger charge is -2.05. The number of ether oxygens (including phenoxy) is 2. The predicted octanol–water partition coefficient (Wildman–Crippen LogP) is 2.57. The number of epoxide rings is 1. The zero-order valence-corrected chi connectivity index (χ0v) is 8.17. The van der Waals surface area contributed by atoms with Gasteiger partial charge in [0.1, 0.15) is 18.5 Å². The van der Waals surface area contributed by atoms with Crippen molar-refractivity contribution in [2.75, 3.05) is 6.61 Å². The molecule has 1 fully saturated rings. The first kappa shape index (κ1) is 8.06. The van der Waals surface area contributed by atoms with Gasteiger partial charge in [-0.15, -0.1) is 0 Å². The molecular weight excluding hydrogens is 176 g/mol. The Morgan fingerprint density at radius 2 is 2.21 bits per heavy atom. The van der Waals surface area contributed by atoms with Crippen molar-refractivity contribution < 1.29 is 9.47 Å². The molecule has 0 radical (unpaired) electrons. The molecule has 1 unspecified atom stereocenters. The van der Waals surface area contributed by atoms with Gasteiger partial charge in [0, 0.05) is 11.1 Å². The van der Waals surface area contributed by atoms with E-state index in [4.69, 9.17) is 9.47 Å². The average molecular weight is 188 g/mol. The summed E-state index contributed by atoms with van der Waals surface area (Å²) in [5.74, 6) is 0.798. The Morgan fingerprint density at radius 1 is 1.43 bits per heavy atom. The molecule has 2 aliphatic heterocycles. The number of hydrogen-bond donors (Lipinski definition) is 0. The molecule has 2 heterocycles. The predicted molar refractivity (Wildman–Crippen MR) is 53.7 cm³/mol. The zero-order valence-electron chi connectivity index (χ0n) is 8.17. The molecule has 0 amide bonds. The normalized spacial score (nSPS) is 23.2. The highest BCUT2D eigenvalue weighted by Crippen LogP contribution is 2.37. The Morgan fingerprint density at radius 3 is 2.93 bits per heavy atom. The van der Waals surface area contributed by atoms with Gasteiger partial charge in [-0.3, -0.25) is 0 Å². The minimum Gasteiger partial charge on any atom is -0.489 e. The fourth-order valence-electron chi connectivity index (χ4n) is 1.97. The molecule has 0 N–H and O–H groups in total. The quantitative estimate of drug-likeness (QED) is 0.632. The second-order valence-corrected chi connectivity index (χ2v) is 3.90. The fraction of sp³-hybridized carbons (Fsp3) is 0.333. The first-order chi connectivity index (χ1) is 6.75. The van der Waals surface area contributed by atoms with Gasteiger partial charge in [-0.25, -0.2) is 0 Å². The van der Waals surface area contributed by atoms with Crippen molar-refractivity contribution >= 4 is 5.76 Å². The van der Waals surface area contributed by atoms with Crippen molar-refractivity contribution in [3.63, 3.8) is 0 Å². The molecule has 1 aromatic carbocycles. The second-order valence-electron chi connectivity index (χ2n) is 3.90. The van der Waals surface area contributed by atoms with Gasteiger partial charge in [-0.1, -0.05) is 6.58 Å². The van der Waals surface area contributed by atoms with Crippen LogP contribution >= 0.6 is 0 Å². The lowest BCUT2D eigenvalue weighted by Crippen LogP contribution is -1.91. The Labute approximate surface area is 83.1 Å². The van der Waals surface area contributed by atoms with E-state index in [9.17, 15) is 0 Å². The molecule has 14 heavy (non-hydrogen) atoms. The molecule has 2 nitrogen and oxygen atoms in total. The highest BCUT2D eigenvalue weighted by Gasteiger charge is 2.28. The highest BCUT2D eigenvalue weighted by atomic mass is 16.6. The average Bonchev–Trinajstić information content (AvgIpc) is 2.94. The van der Waals surface area contributed by atoms with Crippen molar-refractivity contribution in [3.8, 4) is 0 Å². The van der Waals surface area contributed by atoms with Gasteiger partial charge < -0.3 is 9.47 Å². The fourth-order valence-corrected chi connectivity index (χ4v) is 1.97. The van der Waals surface area contributed by atoms with Gasteiger partial charge in [0.05, 0.1) is 6.61 Å². The molecule has 0 saturated carbocycles. The van der Waals surface area contributed by atoms with Crippen molar-refractivity contribution in [2.45, 2.75) is 19.6 Å². The molecule has 1 aromatic rings. The van der Waals surface area contributed by atoms with Gasteiger partial charge in [-0.2, -0.15) is 0 Å². The number of rotatable bonds is 1. The van der Waals surface area contributed by atoms with Crippen molar-refractivity contribution in [1.82, 2.24) is 0 Å². The van der Waals surface area contributed by atoms with E-state index in [0.717, 1.165) is 17.9 Å². The van der Waals surface area contributed by atoms with Crippen LogP contribution in [0.25, 0.3) is 5.76 Å². The summed E-state index contributed by atoms with van der Waals surface area (Å²) in [6, 6.07) is 4.35. The third kappa shape index (κ3) is 1.07. The molecule has 1 atom stereocenters. The summed E-state index contributed by atoms with van der Waals surface area (Å²) in [5, 5.41) is 0. The molecular formula is C12H12O2. The summed E-state index contributed by atoms with van der Waals surface area (Å²) in [6.07, 6.45) is 0.328. The maximum Gasteiger partial charge on any atom is 0.120 e. The Balaban J connectivity index is 2.14. The molecule has 0 aromatic heterocycles. The van der Waals surface area contributed by atoms with Crippen LogP contribution in [-0.4, -0.2) is 6.61 Å². The standard InChI is InChI=1S/C12H12O2/c1-7-3-11-8(2)13-5-9(11)4-10(7)12-6-14-12/h3-4,12H,2,5-6H2,1H3. The maximum absolute atomic E-state index is 5.40. The van der Waals surface area contributed by atoms with Crippen LogP contribution in [0.2, 0.25) is 0 Å². The van der Waals surface area contributed by atoms with E-state index in [1.54, 1.807) is 0 Å². The summed E-state index contributed by atoms with van der Waals surface area (Å²) in [4.78, 5) is 0. The Hall–Kier alpha value is -1.28. The molecule has 3 rings (SSSR count). The van der Waals surface area contributed by atoms with Crippen molar-refractivity contribution in [1.29, 1.82) is 0 Å². The van der Waals surface area contributed by atoms with Crippen LogP contribution in [0.1, 0.15) is 28.4 Å². The number of fused-ring (bicyclic) bond motifs is 1. The maximum atomic E-state index is 5.40. The summed E-state index contributed by atoms with van der Waals surface area (Å²) in [5.41, 5.74) is 4.98. The van der Waals surface area contributed by atoms with E-state index in [2.05, 4.69) is 25.6 Å². The number of benzene rings is 1. The van der Waals surface area contributed by atoms with E-state index in [1.165, 1.54) is 16.7 Å². The van der Waals surface area contributed by atoms with E-state index in [1.807, 2.05) is 0 Å². The smallest absolute Gasteiger partial charge is 0.120 e. The molecule has 2 heteroatoms. The lowest BCUT2D eigenvalue weighted by atomic mass is 9.98. The molecule has 72 valence electrons. The van der Waals surface area contributed by atoms with Crippen LogP contribution in [0.15, 0.2) is 18.7 Å². The molecule has 0 aliphatic carbocycles. The summed E-state index contributed by atoms with van der Waals surface area (Å²) >= 11 is 0. The summed E-state index contributed by atoms with van der Waals surface area (Å²) < 4.78 is 10.7. The SMILES string of the molecule is C=C1OCc2cc(C3CO3)c(C)cc21. The van der Waals surface area contributed by atoms with Crippen LogP contribution in [-0.2, 0) is 16.1 Å². The van der Waals surface area contributed by atoms with E-state index >= 15 is 0 Å². The molecule has 1 saturated heterocycles. The molecule has 0 bridgehead atoms. The van der Waals surface area contributed by atoms with Crippen LogP contribution < -0.4 is 0 Å². The largest absolute Gasteiger partial charge is 0.489 e.